The highest BCUT2D eigenvalue weighted by Gasteiger charge is 2.25. The maximum Gasteiger partial charge on any atom is 0.228 e. The van der Waals surface area contributed by atoms with E-state index in [0.717, 1.165) is 37.1 Å². The molecule has 4 nitrogen and oxygen atoms in total. The molecule has 1 amide bonds. The van der Waals surface area contributed by atoms with E-state index in [-0.39, 0.29) is 42.9 Å². The Labute approximate surface area is 218 Å². The Bertz CT molecular complexity index is 1530. The van der Waals surface area contributed by atoms with Crippen LogP contribution in [0.1, 0.15) is 30.4 Å². The van der Waals surface area contributed by atoms with E-state index in [1.807, 2.05) is 0 Å². The first-order chi connectivity index (χ1) is 17.0. The molecule has 0 saturated carbocycles. The van der Waals surface area contributed by atoms with E-state index in [2.05, 4.69) is 9.97 Å². The number of nitrogens with zero attached hydrogens (tertiary/aromatic N) is 3. The molecular weight excluding hydrogens is 541 g/mol. The maximum atomic E-state index is 13.9. The molecule has 1 aliphatic heterocycles. The first-order valence-electron chi connectivity index (χ1n) is 10.8. The molecule has 0 atom stereocenters. The third kappa shape index (κ3) is 4.94. The highest BCUT2D eigenvalue weighted by atomic mass is 35.5. The Morgan fingerprint density at radius 1 is 0.778 bits per heavy atom. The van der Waals surface area contributed by atoms with Crippen LogP contribution in [0.3, 0.4) is 0 Å². The standard InChI is InChI=1S/C15H13ClF2N2O.C10H5Cl2F2N/c1-8-14(16)13-10(18)6-9(17)7-11(13)19-15(8)20-5-3-2-4-12(20)21;1-4-9(11)8-6(14)2-5(13)3-7(8)15-10(4)12/h6-7H,2-5H2,1H3;2-3H,1H3. The highest BCUT2D eigenvalue weighted by molar-refractivity contribution is 6.39. The van der Waals surface area contributed by atoms with Gasteiger partial charge in [-0.15, -0.1) is 0 Å². The lowest BCUT2D eigenvalue weighted by atomic mass is 10.1. The quantitative estimate of drug-likeness (QED) is 0.175. The summed E-state index contributed by atoms with van der Waals surface area (Å²) in [7, 11) is 0. The first-order valence-corrected chi connectivity index (χ1v) is 12.0. The van der Waals surface area contributed by atoms with Gasteiger partial charge in [-0.25, -0.2) is 27.5 Å². The van der Waals surface area contributed by atoms with Crippen molar-refractivity contribution in [3.63, 3.8) is 0 Å². The number of hydrogen-bond donors (Lipinski definition) is 0. The van der Waals surface area contributed by atoms with Crippen molar-refractivity contribution in [1.29, 1.82) is 0 Å². The molecule has 2 aromatic heterocycles. The molecule has 0 unspecified atom stereocenters. The molecule has 5 rings (SSSR count). The first kappa shape index (κ1) is 26.4. The van der Waals surface area contributed by atoms with Gasteiger partial charge in [0.05, 0.1) is 31.9 Å². The number of piperidine rings is 1. The van der Waals surface area contributed by atoms with Crippen molar-refractivity contribution in [2.24, 2.45) is 0 Å². The number of benzene rings is 2. The van der Waals surface area contributed by atoms with Crippen molar-refractivity contribution in [2.75, 3.05) is 11.4 Å². The van der Waals surface area contributed by atoms with Gasteiger partial charge in [-0.1, -0.05) is 34.8 Å². The lowest BCUT2D eigenvalue weighted by Crippen LogP contribution is -2.36. The van der Waals surface area contributed by atoms with Gasteiger partial charge in [0.15, 0.2) is 0 Å². The molecule has 2 aromatic carbocycles. The average molecular weight is 559 g/mol. The molecule has 0 spiro atoms. The minimum absolute atomic E-state index is 0.0378. The topological polar surface area (TPSA) is 46.1 Å². The zero-order chi connectivity index (χ0) is 26.3. The number of carbonyl (C=O) groups is 1. The molecule has 0 aliphatic carbocycles. The van der Waals surface area contributed by atoms with Crippen molar-refractivity contribution >= 4 is 68.3 Å². The van der Waals surface area contributed by atoms with Crippen molar-refractivity contribution in [3.8, 4) is 0 Å². The summed E-state index contributed by atoms with van der Waals surface area (Å²) < 4.78 is 53.6. The Morgan fingerprint density at radius 3 is 1.86 bits per heavy atom. The average Bonchev–Trinajstić information content (AvgIpc) is 2.80. The highest BCUT2D eigenvalue weighted by Crippen LogP contribution is 2.35. The van der Waals surface area contributed by atoms with Crippen molar-refractivity contribution in [2.45, 2.75) is 33.1 Å². The Hall–Kier alpha value is -2.68. The van der Waals surface area contributed by atoms with Crippen molar-refractivity contribution < 1.29 is 22.4 Å². The second-order valence-corrected chi connectivity index (χ2v) is 9.40. The molecular formula is C25H18Cl3F4N3O. The summed E-state index contributed by atoms with van der Waals surface area (Å²) in [4.78, 5) is 21.7. The minimum atomic E-state index is -0.748. The number of hydrogen-bond acceptors (Lipinski definition) is 3. The molecule has 0 N–H and O–H groups in total. The van der Waals surface area contributed by atoms with Gasteiger partial charge in [0.1, 0.15) is 34.2 Å². The molecule has 0 radical (unpaired) electrons. The van der Waals surface area contributed by atoms with Gasteiger partial charge in [-0.2, -0.15) is 0 Å². The molecule has 0 bridgehead atoms. The third-order valence-corrected chi connectivity index (χ3v) is 7.15. The van der Waals surface area contributed by atoms with E-state index in [1.54, 1.807) is 18.7 Å². The van der Waals surface area contributed by atoms with Gasteiger partial charge < -0.3 is 0 Å². The zero-order valence-corrected chi connectivity index (χ0v) is 21.3. The van der Waals surface area contributed by atoms with E-state index in [1.165, 1.54) is 0 Å². The van der Waals surface area contributed by atoms with E-state index in [0.29, 0.717) is 29.9 Å². The van der Waals surface area contributed by atoms with Gasteiger partial charge in [-0.05, 0) is 26.7 Å². The summed E-state index contributed by atoms with van der Waals surface area (Å²) in [5.41, 5.74) is 1.26. The number of anilines is 1. The number of fused-ring (bicyclic) bond motifs is 2. The van der Waals surface area contributed by atoms with Crippen LogP contribution in [0, 0.1) is 37.1 Å². The second-order valence-electron chi connectivity index (χ2n) is 8.28. The van der Waals surface area contributed by atoms with Crippen LogP contribution >= 0.6 is 34.8 Å². The Balaban J connectivity index is 0.000000179. The summed E-state index contributed by atoms with van der Waals surface area (Å²) in [6.07, 6.45) is 2.17. The largest absolute Gasteiger partial charge is 0.297 e. The number of aromatic nitrogens is 2. The lowest BCUT2D eigenvalue weighted by molar-refractivity contribution is -0.119. The molecule has 3 heterocycles. The third-order valence-electron chi connectivity index (χ3n) is 5.83. The van der Waals surface area contributed by atoms with Crippen molar-refractivity contribution in [1.82, 2.24) is 9.97 Å². The Morgan fingerprint density at radius 2 is 1.31 bits per heavy atom. The molecule has 36 heavy (non-hydrogen) atoms. The number of halogens is 7. The fourth-order valence-corrected chi connectivity index (χ4v) is 4.76. The van der Waals surface area contributed by atoms with Gasteiger partial charge in [-0.3, -0.25) is 9.69 Å². The summed E-state index contributed by atoms with van der Waals surface area (Å²) in [6.45, 7) is 3.86. The summed E-state index contributed by atoms with van der Waals surface area (Å²) in [5, 5.41) is 0.676. The summed E-state index contributed by atoms with van der Waals surface area (Å²) in [5.74, 6) is -2.55. The second kappa shape index (κ2) is 10.4. The fourth-order valence-electron chi connectivity index (χ4n) is 3.97. The zero-order valence-electron chi connectivity index (χ0n) is 19.0. The van der Waals surface area contributed by atoms with Crippen LogP contribution < -0.4 is 4.90 Å². The van der Waals surface area contributed by atoms with Crippen LogP contribution in [0.2, 0.25) is 15.2 Å². The number of pyridine rings is 2. The molecule has 11 heteroatoms. The van der Waals surface area contributed by atoms with E-state index in [9.17, 15) is 22.4 Å². The predicted octanol–water partition coefficient (Wildman–Crippen LogP) is 8.12. The van der Waals surface area contributed by atoms with E-state index >= 15 is 0 Å². The van der Waals surface area contributed by atoms with Gasteiger partial charge in [0.2, 0.25) is 5.91 Å². The van der Waals surface area contributed by atoms with Crippen LogP contribution in [-0.2, 0) is 4.79 Å². The molecule has 4 aromatic rings. The monoisotopic (exact) mass is 557 g/mol. The minimum Gasteiger partial charge on any atom is -0.297 e. The van der Waals surface area contributed by atoms with Gasteiger partial charge in [0.25, 0.3) is 0 Å². The molecule has 188 valence electrons. The Kier molecular flexibility index (Phi) is 7.59. The van der Waals surface area contributed by atoms with Crippen LogP contribution in [0.25, 0.3) is 21.8 Å². The smallest absolute Gasteiger partial charge is 0.228 e. The normalized spacial score (nSPS) is 13.8. The number of rotatable bonds is 1. The van der Waals surface area contributed by atoms with Gasteiger partial charge >= 0.3 is 0 Å². The SMILES string of the molecule is Cc1c(Cl)nc2cc(F)cc(F)c2c1Cl.Cc1c(N2CCCCC2=O)nc2cc(F)cc(F)c2c1Cl. The lowest BCUT2D eigenvalue weighted by Gasteiger charge is -2.27. The fraction of sp³-hybridized carbons (Fsp3) is 0.240. The van der Waals surface area contributed by atoms with Crippen LogP contribution in [-0.4, -0.2) is 22.4 Å². The van der Waals surface area contributed by atoms with Crippen molar-refractivity contribution in [3.05, 3.63) is 73.9 Å². The molecule has 1 saturated heterocycles. The molecule has 1 aliphatic rings. The summed E-state index contributed by atoms with van der Waals surface area (Å²) >= 11 is 17.9. The molecule has 1 fully saturated rings. The number of carbonyl (C=O) groups excluding carboxylic acids is 1. The van der Waals surface area contributed by atoms with Crippen LogP contribution in [0.5, 0.6) is 0 Å². The predicted molar refractivity (Wildman–Crippen MR) is 134 cm³/mol. The van der Waals surface area contributed by atoms with Crippen LogP contribution in [0.4, 0.5) is 23.4 Å². The number of amides is 1. The van der Waals surface area contributed by atoms with Crippen LogP contribution in [0.15, 0.2) is 24.3 Å². The van der Waals surface area contributed by atoms with Gasteiger partial charge in [0, 0.05) is 48.4 Å². The maximum absolute atomic E-state index is 13.9. The summed E-state index contributed by atoms with van der Waals surface area (Å²) in [6, 6.07) is 3.77. The van der Waals surface area contributed by atoms with E-state index < -0.39 is 23.3 Å². The van der Waals surface area contributed by atoms with E-state index in [4.69, 9.17) is 34.8 Å².